The van der Waals surface area contributed by atoms with Gasteiger partial charge in [-0.1, -0.05) is 12.1 Å². The molecular weight excluding hydrogens is 404 g/mol. The molecule has 1 aromatic carbocycles. The molecule has 2 fully saturated rings. The third-order valence-corrected chi connectivity index (χ3v) is 5.43. The first-order valence-electron chi connectivity index (χ1n) is 9.75. The van der Waals surface area contributed by atoms with Crippen LogP contribution in [0.25, 0.3) is 5.69 Å². The zero-order valence-corrected chi connectivity index (χ0v) is 16.0. The minimum atomic E-state index is -4.90. The molecule has 0 spiro atoms. The maximum atomic E-state index is 14.1. The molecule has 1 N–H and O–H groups in total. The zero-order chi connectivity index (χ0) is 21.5. The van der Waals surface area contributed by atoms with E-state index in [0.29, 0.717) is 17.5 Å². The molecule has 10 heteroatoms. The highest BCUT2D eigenvalue weighted by molar-refractivity contribution is 5.95. The number of rotatable bonds is 4. The summed E-state index contributed by atoms with van der Waals surface area (Å²) in [5, 5.41) is 6.59. The largest absolute Gasteiger partial charge is 0.434 e. The van der Waals surface area contributed by atoms with Crippen LogP contribution in [0.15, 0.2) is 30.5 Å². The van der Waals surface area contributed by atoms with Gasteiger partial charge in [-0.2, -0.15) is 18.3 Å². The summed E-state index contributed by atoms with van der Waals surface area (Å²) in [6, 6.07) is 4.85. The lowest BCUT2D eigenvalue weighted by Crippen LogP contribution is -2.47. The third kappa shape index (κ3) is 4.03. The first kappa shape index (κ1) is 20.4. The van der Waals surface area contributed by atoms with Gasteiger partial charge >= 0.3 is 6.18 Å². The summed E-state index contributed by atoms with van der Waals surface area (Å²) >= 11 is 0. The van der Waals surface area contributed by atoms with Crippen LogP contribution >= 0.6 is 0 Å². The van der Waals surface area contributed by atoms with E-state index in [2.05, 4.69) is 10.4 Å². The van der Waals surface area contributed by atoms with Gasteiger partial charge in [-0.3, -0.25) is 9.59 Å². The van der Waals surface area contributed by atoms with Gasteiger partial charge in [0.2, 0.25) is 5.91 Å². The lowest BCUT2D eigenvalue weighted by molar-refractivity contribution is -0.143. The fraction of sp³-hybridized carbons (Fsp3) is 0.450. The Hall–Kier alpha value is -2.91. The summed E-state index contributed by atoms with van der Waals surface area (Å²) in [4.78, 5) is 26.0. The van der Waals surface area contributed by atoms with Gasteiger partial charge in [0.15, 0.2) is 5.69 Å². The average Bonchev–Trinajstić information content (AvgIpc) is 3.46. The summed E-state index contributed by atoms with van der Waals surface area (Å²) in [5.41, 5.74) is -2.31. The summed E-state index contributed by atoms with van der Waals surface area (Å²) in [5.74, 6) is -1.61. The Balaban J connectivity index is 1.53. The molecule has 0 unspecified atom stereocenters. The number of hydrogen-bond donors (Lipinski definition) is 1. The highest BCUT2D eigenvalue weighted by atomic mass is 19.4. The van der Waals surface area contributed by atoms with Gasteiger partial charge in [-0.05, 0) is 37.8 Å². The van der Waals surface area contributed by atoms with Crippen LogP contribution < -0.4 is 5.32 Å². The minimum absolute atomic E-state index is 0.00491. The maximum Gasteiger partial charge on any atom is 0.434 e. The SMILES string of the molecule is O=C(NC1CCN(C(=O)c2cnn(-c3ccccc3F)c2C(F)(F)F)CC1)C1CC1. The Morgan fingerprint density at radius 1 is 1.07 bits per heavy atom. The van der Waals surface area contributed by atoms with E-state index in [-0.39, 0.29) is 36.6 Å². The second kappa shape index (κ2) is 7.73. The number of alkyl halides is 3. The second-order valence-corrected chi connectivity index (χ2v) is 7.62. The normalized spacial score (nSPS) is 17.8. The molecule has 1 saturated heterocycles. The molecule has 30 heavy (non-hydrogen) atoms. The second-order valence-electron chi connectivity index (χ2n) is 7.62. The van der Waals surface area contributed by atoms with Crippen LogP contribution in [0.5, 0.6) is 0 Å². The Kier molecular flexibility index (Phi) is 5.25. The van der Waals surface area contributed by atoms with E-state index < -0.39 is 29.2 Å². The summed E-state index contributed by atoms with van der Waals surface area (Å²) in [6.45, 7) is 0.438. The van der Waals surface area contributed by atoms with Crippen LogP contribution in [0.1, 0.15) is 41.7 Å². The molecule has 1 saturated carbocycles. The van der Waals surface area contributed by atoms with Crippen LogP contribution in [0.3, 0.4) is 0 Å². The van der Waals surface area contributed by atoms with E-state index in [9.17, 15) is 27.2 Å². The average molecular weight is 424 g/mol. The molecule has 160 valence electrons. The molecule has 0 atom stereocenters. The topological polar surface area (TPSA) is 67.2 Å². The van der Waals surface area contributed by atoms with Gasteiger partial charge in [0.05, 0.1) is 11.8 Å². The molecule has 1 aromatic heterocycles. The number of hydrogen-bond acceptors (Lipinski definition) is 3. The number of carbonyl (C=O) groups excluding carboxylic acids is 2. The quantitative estimate of drug-likeness (QED) is 0.767. The number of amides is 2. The van der Waals surface area contributed by atoms with Gasteiger partial charge < -0.3 is 10.2 Å². The van der Waals surface area contributed by atoms with Gasteiger partial charge in [0.25, 0.3) is 5.91 Å². The Labute approximate surface area is 169 Å². The number of halogens is 4. The van der Waals surface area contributed by atoms with Crippen LogP contribution in [0.2, 0.25) is 0 Å². The van der Waals surface area contributed by atoms with E-state index in [1.165, 1.54) is 23.1 Å². The van der Waals surface area contributed by atoms with Crippen LogP contribution in [0.4, 0.5) is 17.6 Å². The molecule has 2 amide bonds. The van der Waals surface area contributed by atoms with Crippen LogP contribution in [-0.2, 0) is 11.0 Å². The Morgan fingerprint density at radius 3 is 2.33 bits per heavy atom. The van der Waals surface area contributed by atoms with Crippen molar-refractivity contribution in [1.29, 1.82) is 0 Å². The number of carbonyl (C=O) groups is 2. The van der Waals surface area contributed by atoms with Crippen molar-refractivity contribution in [1.82, 2.24) is 20.0 Å². The van der Waals surface area contributed by atoms with Gasteiger partial charge in [0.1, 0.15) is 11.5 Å². The molecule has 0 radical (unpaired) electrons. The fourth-order valence-electron chi connectivity index (χ4n) is 3.65. The summed E-state index contributed by atoms with van der Waals surface area (Å²) in [7, 11) is 0. The number of para-hydroxylation sites is 1. The predicted octanol–water partition coefficient (Wildman–Crippen LogP) is 3.16. The highest BCUT2D eigenvalue weighted by Crippen LogP contribution is 2.35. The van der Waals surface area contributed by atoms with Gasteiger partial charge in [0, 0.05) is 25.0 Å². The fourth-order valence-corrected chi connectivity index (χ4v) is 3.65. The van der Waals surface area contributed by atoms with Crippen molar-refractivity contribution < 1.29 is 27.2 Å². The molecule has 0 bridgehead atoms. The molecule has 4 rings (SSSR count). The minimum Gasteiger partial charge on any atom is -0.353 e. The lowest BCUT2D eigenvalue weighted by Gasteiger charge is -2.32. The molecule has 6 nitrogen and oxygen atoms in total. The maximum absolute atomic E-state index is 14.1. The molecule has 1 aliphatic heterocycles. The first-order valence-corrected chi connectivity index (χ1v) is 9.75. The van der Waals surface area contributed by atoms with E-state index in [1.807, 2.05) is 0 Å². The third-order valence-electron chi connectivity index (χ3n) is 5.43. The first-order chi connectivity index (χ1) is 14.3. The predicted molar refractivity (Wildman–Crippen MR) is 98.3 cm³/mol. The van der Waals surface area contributed by atoms with Crippen molar-refractivity contribution in [3.63, 3.8) is 0 Å². The zero-order valence-electron chi connectivity index (χ0n) is 16.0. The molecule has 1 aliphatic carbocycles. The number of nitrogens with one attached hydrogen (secondary N) is 1. The number of nitrogens with zero attached hydrogens (tertiary/aromatic N) is 3. The number of likely N-dealkylation sites (tertiary alicyclic amines) is 1. The highest BCUT2D eigenvalue weighted by Gasteiger charge is 2.42. The number of piperidine rings is 1. The molecule has 2 heterocycles. The van der Waals surface area contributed by atoms with E-state index in [1.54, 1.807) is 0 Å². The van der Waals surface area contributed by atoms with E-state index in [4.69, 9.17) is 0 Å². The summed E-state index contributed by atoms with van der Waals surface area (Å²) < 4.78 is 55.8. The smallest absolute Gasteiger partial charge is 0.353 e. The van der Waals surface area contributed by atoms with Crippen molar-refractivity contribution in [2.24, 2.45) is 5.92 Å². The monoisotopic (exact) mass is 424 g/mol. The molecule has 2 aromatic rings. The van der Waals surface area contributed by atoms with Crippen LogP contribution in [-0.4, -0.2) is 45.6 Å². The number of aromatic nitrogens is 2. The van der Waals surface area contributed by atoms with Gasteiger partial charge in [-0.25, -0.2) is 9.07 Å². The van der Waals surface area contributed by atoms with Crippen molar-refractivity contribution >= 4 is 11.8 Å². The van der Waals surface area contributed by atoms with Crippen molar-refractivity contribution in [2.45, 2.75) is 37.9 Å². The molecule has 2 aliphatic rings. The molecular formula is C20H20F4N4O2. The lowest BCUT2D eigenvalue weighted by atomic mass is 10.0. The number of benzene rings is 1. The van der Waals surface area contributed by atoms with Crippen molar-refractivity contribution in [3.05, 3.63) is 47.5 Å². The van der Waals surface area contributed by atoms with Crippen molar-refractivity contribution in [2.75, 3.05) is 13.1 Å². The summed E-state index contributed by atoms with van der Waals surface area (Å²) in [6.07, 6.45) is -1.37. The van der Waals surface area contributed by atoms with E-state index >= 15 is 0 Å². The van der Waals surface area contributed by atoms with Crippen molar-refractivity contribution in [3.8, 4) is 5.69 Å². The standard InChI is InChI=1S/C20H20F4N4O2/c21-15-3-1-2-4-16(15)28-17(20(22,23)24)14(11-25-28)19(30)27-9-7-13(8-10-27)26-18(29)12-5-6-12/h1-4,11-13H,5-10H2,(H,26,29). The van der Waals surface area contributed by atoms with Gasteiger partial charge in [-0.15, -0.1) is 0 Å². The van der Waals surface area contributed by atoms with Crippen LogP contribution in [0, 0.1) is 11.7 Å². The van der Waals surface area contributed by atoms with E-state index in [0.717, 1.165) is 25.1 Å². The Morgan fingerprint density at radius 2 is 1.73 bits per heavy atom. The Bertz CT molecular complexity index is 960.